The molecule has 0 radical (unpaired) electrons. The maximum Gasteiger partial charge on any atom is 0.287 e. The SMILES string of the molecule is CCCN(CCC)CCNC(=O)c1nc2ccc(CN(Cc3ncc[nH]3)C(C)c3ncc[nH]3)cc2c(=O)[nH]1. The summed E-state index contributed by atoms with van der Waals surface area (Å²) in [4.78, 5) is 52.4. The van der Waals surface area contributed by atoms with Gasteiger partial charge in [0.05, 0.1) is 23.5 Å². The van der Waals surface area contributed by atoms with Gasteiger partial charge in [-0.15, -0.1) is 0 Å². The largest absolute Gasteiger partial charge is 0.348 e. The van der Waals surface area contributed by atoms with Gasteiger partial charge in [-0.05, 0) is 50.6 Å². The van der Waals surface area contributed by atoms with Gasteiger partial charge in [0.15, 0.2) is 5.82 Å². The average Bonchev–Trinajstić information content (AvgIpc) is 3.63. The van der Waals surface area contributed by atoms with Crippen LogP contribution < -0.4 is 10.9 Å². The number of carbonyl (C=O) groups excluding carboxylic acids is 1. The molecule has 3 aromatic heterocycles. The van der Waals surface area contributed by atoms with E-state index in [-0.39, 0.29) is 23.3 Å². The van der Waals surface area contributed by atoms with Gasteiger partial charge >= 0.3 is 0 Å². The number of H-pyrrole nitrogens is 3. The fraction of sp³-hybridized carbons (Fsp3) is 0.444. The molecular formula is C27H37N9O2. The molecule has 1 amide bonds. The number of rotatable bonds is 14. The monoisotopic (exact) mass is 519 g/mol. The van der Waals surface area contributed by atoms with Gasteiger partial charge < -0.3 is 25.2 Å². The van der Waals surface area contributed by atoms with Crippen molar-refractivity contribution in [2.45, 2.75) is 52.7 Å². The minimum absolute atomic E-state index is 0.0149. The van der Waals surface area contributed by atoms with Crippen molar-refractivity contribution in [1.82, 2.24) is 45.0 Å². The third kappa shape index (κ3) is 6.93. The number of hydrogen-bond donors (Lipinski definition) is 4. The molecule has 11 nitrogen and oxygen atoms in total. The number of carbonyl (C=O) groups is 1. The Labute approximate surface area is 222 Å². The molecule has 0 saturated heterocycles. The van der Waals surface area contributed by atoms with E-state index >= 15 is 0 Å². The minimum atomic E-state index is -0.377. The predicted molar refractivity (Wildman–Crippen MR) is 147 cm³/mol. The average molecular weight is 520 g/mol. The van der Waals surface area contributed by atoms with Crippen molar-refractivity contribution in [3.8, 4) is 0 Å². The Morgan fingerprint density at radius 3 is 2.47 bits per heavy atom. The zero-order chi connectivity index (χ0) is 26.9. The van der Waals surface area contributed by atoms with Crippen LogP contribution in [0.15, 0.2) is 47.8 Å². The highest BCUT2D eigenvalue weighted by Crippen LogP contribution is 2.22. The normalized spacial score (nSPS) is 12.4. The molecule has 3 heterocycles. The molecule has 4 aromatic rings. The Bertz CT molecular complexity index is 1340. The van der Waals surface area contributed by atoms with Gasteiger partial charge in [0, 0.05) is 44.4 Å². The van der Waals surface area contributed by atoms with Crippen LogP contribution in [0, 0.1) is 0 Å². The first kappa shape index (κ1) is 27.2. The number of aromatic amines is 3. The summed E-state index contributed by atoms with van der Waals surface area (Å²) in [6.45, 7) is 10.8. The molecule has 0 spiro atoms. The highest BCUT2D eigenvalue weighted by molar-refractivity contribution is 5.92. The summed E-state index contributed by atoms with van der Waals surface area (Å²) in [5, 5.41) is 3.33. The summed E-state index contributed by atoms with van der Waals surface area (Å²) in [5.74, 6) is 1.34. The van der Waals surface area contributed by atoms with Crippen molar-refractivity contribution < 1.29 is 4.79 Å². The molecule has 1 aromatic carbocycles. The molecule has 0 fully saturated rings. The van der Waals surface area contributed by atoms with Crippen LogP contribution >= 0.6 is 0 Å². The summed E-state index contributed by atoms with van der Waals surface area (Å²) in [6, 6.07) is 5.55. The van der Waals surface area contributed by atoms with Crippen LogP contribution in [0.5, 0.6) is 0 Å². The number of fused-ring (bicyclic) bond motifs is 1. The van der Waals surface area contributed by atoms with Crippen LogP contribution in [-0.2, 0) is 13.1 Å². The molecule has 38 heavy (non-hydrogen) atoms. The molecule has 4 rings (SSSR count). The molecule has 0 aliphatic heterocycles. The van der Waals surface area contributed by atoms with Gasteiger partial charge in [0.2, 0.25) is 0 Å². The maximum absolute atomic E-state index is 12.9. The van der Waals surface area contributed by atoms with Gasteiger partial charge in [-0.3, -0.25) is 14.5 Å². The Kier molecular flexibility index (Phi) is 9.39. The molecule has 1 unspecified atom stereocenters. The molecule has 0 aliphatic rings. The fourth-order valence-corrected chi connectivity index (χ4v) is 4.59. The van der Waals surface area contributed by atoms with Gasteiger partial charge in [0.25, 0.3) is 11.5 Å². The third-order valence-corrected chi connectivity index (χ3v) is 6.53. The molecular weight excluding hydrogens is 482 g/mol. The number of nitrogens with zero attached hydrogens (tertiary/aromatic N) is 5. The molecule has 4 N–H and O–H groups in total. The van der Waals surface area contributed by atoms with E-state index in [1.807, 2.05) is 12.1 Å². The van der Waals surface area contributed by atoms with Crippen LogP contribution in [0.4, 0.5) is 0 Å². The summed E-state index contributed by atoms with van der Waals surface area (Å²) in [6.07, 6.45) is 9.20. The number of nitrogens with one attached hydrogen (secondary N) is 4. The van der Waals surface area contributed by atoms with E-state index in [0.29, 0.717) is 30.5 Å². The zero-order valence-electron chi connectivity index (χ0n) is 22.3. The highest BCUT2D eigenvalue weighted by Gasteiger charge is 2.20. The lowest BCUT2D eigenvalue weighted by atomic mass is 10.1. The van der Waals surface area contributed by atoms with Crippen molar-refractivity contribution >= 4 is 16.8 Å². The van der Waals surface area contributed by atoms with Crippen molar-refractivity contribution in [3.05, 3.63) is 76.4 Å². The van der Waals surface area contributed by atoms with Gasteiger partial charge in [-0.25, -0.2) is 15.0 Å². The first-order valence-electron chi connectivity index (χ1n) is 13.2. The predicted octanol–water partition coefficient (Wildman–Crippen LogP) is 2.98. The summed E-state index contributed by atoms with van der Waals surface area (Å²) in [7, 11) is 0. The van der Waals surface area contributed by atoms with Crippen molar-refractivity contribution in [3.63, 3.8) is 0 Å². The number of aromatic nitrogens is 6. The van der Waals surface area contributed by atoms with Gasteiger partial charge in [-0.1, -0.05) is 19.9 Å². The van der Waals surface area contributed by atoms with Crippen molar-refractivity contribution in [2.24, 2.45) is 0 Å². The molecule has 0 bridgehead atoms. The van der Waals surface area contributed by atoms with E-state index in [1.165, 1.54) is 0 Å². The van der Waals surface area contributed by atoms with E-state index in [0.717, 1.165) is 49.7 Å². The standard InChI is InChI=1S/C27H37N9O2/c1-4-13-35(14-5-2)15-12-32-27(38)25-33-22-7-6-20(16-21(22)26(37)34-25)17-36(18-23-28-8-9-29-23)19(3)24-30-10-11-31-24/h6-11,16,19H,4-5,12-15,17-18H2,1-3H3,(H,28,29)(H,30,31)(H,32,38)(H,33,34,37). The first-order valence-corrected chi connectivity index (χ1v) is 13.2. The summed E-state index contributed by atoms with van der Waals surface area (Å²) >= 11 is 0. The lowest BCUT2D eigenvalue weighted by Gasteiger charge is -2.27. The lowest BCUT2D eigenvalue weighted by molar-refractivity contribution is 0.0938. The number of hydrogen-bond acceptors (Lipinski definition) is 7. The van der Waals surface area contributed by atoms with E-state index in [9.17, 15) is 9.59 Å². The van der Waals surface area contributed by atoms with Crippen molar-refractivity contribution in [2.75, 3.05) is 26.2 Å². The van der Waals surface area contributed by atoms with Crippen molar-refractivity contribution in [1.29, 1.82) is 0 Å². The maximum atomic E-state index is 12.9. The van der Waals surface area contributed by atoms with Crippen LogP contribution in [0.25, 0.3) is 10.9 Å². The van der Waals surface area contributed by atoms with Crippen LogP contribution in [0.1, 0.15) is 67.5 Å². The van der Waals surface area contributed by atoms with Crippen LogP contribution in [0.2, 0.25) is 0 Å². The minimum Gasteiger partial charge on any atom is -0.348 e. The first-order chi connectivity index (χ1) is 18.5. The van der Waals surface area contributed by atoms with E-state index < -0.39 is 0 Å². The Balaban J connectivity index is 1.48. The summed E-state index contributed by atoms with van der Waals surface area (Å²) < 4.78 is 0. The quantitative estimate of drug-likeness (QED) is 0.201. The Morgan fingerprint density at radius 2 is 1.79 bits per heavy atom. The topological polar surface area (TPSA) is 139 Å². The molecule has 1 atom stereocenters. The third-order valence-electron chi connectivity index (χ3n) is 6.53. The second kappa shape index (κ2) is 13.1. The molecule has 0 saturated carbocycles. The second-order valence-electron chi connectivity index (χ2n) is 9.45. The van der Waals surface area contributed by atoms with Crippen LogP contribution in [0.3, 0.4) is 0 Å². The summed E-state index contributed by atoms with van der Waals surface area (Å²) in [5.41, 5.74) is 1.09. The van der Waals surface area contributed by atoms with Gasteiger partial charge in [0.1, 0.15) is 11.6 Å². The van der Waals surface area contributed by atoms with E-state index in [4.69, 9.17) is 0 Å². The lowest BCUT2D eigenvalue weighted by Crippen LogP contribution is -2.36. The second-order valence-corrected chi connectivity index (χ2v) is 9.45. The smallest absolute Gasteiger partial charge is 0.287 e. The van der Waals surface area contributed by atoms with E-state index in [1.54, 1.807) is 30.9 Å². The molecule has 0 aliphatic carbocycles. The Hall–Kier alpha value is -3.83. The molecule has 202 valence electrons. The highest BCUT2D eigenvalue weighted by atomic mass is 16.2. The zero-order valence-corrected chi connectivity index (χ0v) is 22.3. The van der Waals surface area contributed by atoms with Gasteiger partial charge in [-0.2, -0.15) is 0 Å². The fourth-order valence-electron chi connectivity index (χ4n) is 4.59. The number of amides is 1. The Morgan fingerprint density at radius 1 is 1.03 bits per heavy atom. The number of benzene rings is 1. The van der Waals surface area contributed by atoms with E-state index in [2.05, 4.69) is 65.8 Å². The number of imidazole rings is 2. The van der Waals surface area contributed by atoms with Crippen LogP contribution in [-0.4, -0.2) is 71.8 Å². The molecule has 11 heteroatoms.